The summed E-state index contributed by atoms with van der Waals surface area (Å²) in [7, 11) is 0. The lowest BCUT2D eigenvalue weighted by molar-refractivity contribution is -0.115. The maximum atomic E-state index is 11.7. The first-order valence-electron chi connectivity index (χ1n) is 6.10. The fourth-order valence-electron chi connectivity index (χ4n) is 1.66. The monoisotopic (exact) mass is 262 g/mol. The molecule has 0 unspecified atom stereocenters. The van der Waals surface area contributed by atoms with Crippen LogP contribution >= 0.6 is 0 Å². The lowest BCUT2D eigenvalue weighted by Gasteiger charge is -2.20. The summed E-state index contributed by atoms with van der Waals surface area (Å²) in [5.41, 5.74) is 1.69. The Labute approximate surface area is 110 Å². The molecule has 1 amide bonds. The molecule has 0 saturated carbocycles. The minimum Gasteiger partial charge on any atom is -0.325 e. The number of carbonyl (C=O) groups is 1. The van der Waals surface area contributed by atoms with Crippen LogP contribution in [0, 0.1) is 0 Å². The van der Waals surface area contributed by atoms with E-state index in [-0.39, 0.29) is 23.7 Å². The minimum atomic E-state index is -0.257. The van der Waals surface area contributed by atoms with Crippen LogP contribution in [-0.4, -0.2) is 28.0 Å². The van der Waals surface area contributed by atoms with E-state index < -0.39 is 0 Å². The van der Waals surface area contributed by atoms with Crippen molar-refractivity contribution in [2.75, 3.05) is 11.9 Å². The van der Waals surface area contributed by atoms with E-state index in [1.165, 1.54) is 0 Å². The molecule has 6 heteroatoms. The third kappa shape index (κ3) is 3.69. The topological polar surface area (TPSA) is 89.8 Å². The summed E-state index contributed by atoms with van der Waals surface area (Å²) in [5.74, 6) is -0.118. The van der Waals surface area contributed by atoms with Crippen molar-refractivity contribution in [1.82, 2.24) is 15.3 Å². The van der Waals surface area contributed by atoms with Crippen LogP contribution in [0.4, 0.5) is 5.69 Å². The van der Waals surface area contributed by atoms with Crippen LogP contribution in [0.5, 0.6) is 0 Å². The molecule has 0 spiro atoms. The van der Waals surface area contributed by atoms with Gasteiger partial charge in [0.15, 0.2) is 0 Å². The average Bonchev–Trinajstić information content (AvgIpc) is 2.65. The normalized spacial score (nSPS) is 11.7. The lowest BCUT2D eigenvalue weighted by Crippen LogP contribution is -2.41. The van der Waals surface area contributed by atoms with Crippen LogP contribution in [0.1, 0.15) is 20.8 Å². The molecule has 4 N–H and O–H groups in total. The van der Waals surface area contributed by atoms with Gasteiger partial charge in [-0.1, -0.05) is 0 Å². The third-order valence-electron chi connectivity index (χ3n) is 2.58. The van der Waals surface area contributed by atoms with Crippen LogP contribution in [0.3, 0.4) is 0 Å². The fraction of sp³-hybridized carbons (Fsp3) is 0.385. The summed E-state index contributed by atoms with van der Waals surface area (Å²) in [6, 6.07) is 5.23. The van der Waals surface area contributed by atoms with Crippen molar-refractivity contribution in [3.05, 3.63) is 28.7 Å². The molecule has 1 aromatic carbocycles. The van der Waals surface area contributed by atoms with E-state index in [0.29, 0.717) is 11.2 Å². The smallest absolute Gasteiger partial charge is 0.323 e. The van der Waals surface area contributed by atoms with E-state index in [1.54, 1.807) is 18.2 Å². The maximum absolute atomic E-state index is 11.7. The molecule has 1 heterocycles. The van der Waals surface area contributed by atoms with Gasteiger partial charge in [-0.05, 0) is 39.0 Å². The van der Waals surface area contributed by atoms with Gasteiger partial charge < -0.3 is 20.6 Å². The Kier molecular flexibility index (Phi) is 3.44. The summed E-state index contributed by atoms with van der Waals surface area (Å²) in [4.78, 5) is 28.2. The number of rotatable bonds is 3. The molecule has 0 bridgehead atoms. The molecule has 0 saturated heterocycles. The van der Waals surface area contributed by atoms with Gasteiger partial charge in [-0.25, -0.2) is 4.79 Å². The first kappa shape index (κ1) is 13.4. The number of hydrogen-bond donors (Lipinski definition) is 4. The third-order valence-corrected chi connectivity index (χ3v) is 2.58. The van der Waals surface area contributed by atoms with E-state index in [4.69, 9.17) is 0 Å². The van der Waals surface area contributed by atoms with Crippen molar-refractivity contribution in [3.8, 4) is 0 Å². The van der Waals surface area contributed by atoms with Crippen molar-refractivity contribution in [1.29, 1.82) is 0 Å². The van der Waals surface area contributed by atoms with E-state index in [1.807, 2.05) is 20.8 Å². The fourth-order valence-corrected chi connectivity index (χ4v) is 1.66. The Bertz CT molecular complexity index is 648. The van der Waals surface area contributed by atoms with Gasteiger partial charge in [-0.15, -0.1) is 0 Å². The predicted octanol–water partition coefficient (Wildman–Crippen LogP) is 1.18. The summed E-state index contributed by atoms with van der Waals surface area (Å²) in [6.07, 6.45) is 0. The summed E-state index contributed by atoms with van der Waals surface area (Å²) >= 11 is 0. The number of hydrogen-bond acceptors (Lipinski definition) is 3. The molecule has 6 nitrogen and oxygen atoms in total. The lowest BCUT2D eigenvalue weighted by atomic mass is 10.1. The van der Waals surface area contributed by atoms with Crippen LogP contribution < -0.4 is 16.3 Å². The van der Waals surface area contributed by atoms with Crippen LogP contribution in [0.25, 0.3) is 11.0 Å². The molecule has 0 atom stereocenters. The summed E-state index contributed by atoms with van der Waals surface area (Å²) in [5, 5.41) is 5.89. The number of fused-ring (bicyclic) bond motifs is 1. The van der Waals surface area contributed by atoms with Gasteiger partial charge in [0.25, 0.3) is 0 Å². The van der Waals surface area contributed by atoms with Crippen LogP contribution in [-0.2, 0) is 4.79 Å². The number of aromatic nitrogens is 2. The van der Waals surface area contributed by atoms with E-state index in [2.05, 4.69) is 20.6 Å². The molecule has 0 aliphatic heterocycles. The number of amides is 1. The highest BCUT2D eigenvalue weighted by atomic mass is 16.2. The number of carbonyl (C=O) groups excluding carboxylic acids is 1. The van der Waals surface area contributed by atoms with Crippen LogP contribution in [0.2, 0.25) is 0 Å². The second-order valence-electron chi connectivity index (χ2n) is 5.49. The van der Waals surface area contributed by atoms with Gasteiger partial charge in [-0.2, -0.15) is 0 Å². The van der Waals surface area contributed by atoms with E-state index in [0.717, 1.165) is 5.52 Å². The van der Waals surface area contributed by atoms with E-state index >= 15 is 0 Å². The molecule has 2 rings (SSSR count). The number of benzene rings is 1. The molecule has 102 valence electrons. The second kappa shape index (κ2) is 4.89. The predicted molar refractivity (Wildman–Crippen MR) is 75.3 cm³/mol. The Hall–Kier alpha value is -2.08. The second-order valence-corrected chi connectivity index (χ2v) is 5.49. The highest BCUT2D eigenvalue weighted by Gasteiger charge is 2.11. The zero-order valence-electron chi connectivity index (χ0n) is 11.3. The Morgan fingerprint density at radius 1 is 1.21 bits per heavy atom. The van der Waals surface area contributed by atoms with Crippen LogP contribution in [0.15, 0.2) is 23.0 Å². The molecule has 1 aromatic heterocycles. The van der Waals surface area contributed by atoms with Gasteiger partial charge >= 0.3 is 5.69 Å². The number of H-pyrrole nitrogens is 2. The summed E-state index contributed by atoms with van der Waals surface area (Å²) < 4.78 is 0. The van der Waals surface area contributed by atoms with Gasteiger partial charge in [0.05, 0.1) is 17.6 Å². The molecular weight excluding hydrogens is 244 g/mol. The number of imidazole rings is 1. The van der Waals surface area contributed by atoms with Crippen molar-refractivity contribution in [3.63, 3.8) is 0 Å². The summed E-state index contributed by atoms with van der Waals surface area (Å²) in [6.45, 7) is 6.23. The molecule has 0 radical (unpaired) electrons. The first-order chi connectivity index (χ1) is 8.83. The van der Waals surface area contributed by atoms with Gasteiger partial charge in [0, 0.05) is 11.2 Å². The van der Waals surface area contributed by atoms with Gasteiger partial charge in [0.2, 0.25) is 5.91 Å². The minimum absolute atomic E-state index is 0.104. The zero-order chi connectivity index (χ0) is 14.0. The molecule has 0 aliphatic rings. The van der Waals surface area contributed by atoms with Crippen molar-refractivity contribution in [2.24, 2.45) is 0 Å². The Morgan fingerprint density at radius 3 is 2.58 bits per heavy atom. The maximum Gasteiger partial charge on any atom is 0.323 e. The molecule has 19 heavy (non-hydrogen) atoms. The standard InChI is InChI=1S/C13H18N4O2/c1-13(2,3)14-7-11(18)15-8-4-5-9-10(6-8)17-12(19)16-9/h4-6,14H,7H2,1-3H3,(H,15,18)(H2,16,17,19). The Balaban J connectivity index is 2.04. The van der Waals surface area contributed by atoms with Crippen molar-refractivity contribution in [2.45, 2.75) is 26.3 Å². The molecule has 2 aromatic rings. The molecular formula is C13H18N4O2. The average molecular weight is 262 g/mol. The number of aromatic amines is 2. The Morgan fingerprint density at radius 2 is 1.89 bits per heavy atom. The van der Waals surface area contributed by atoms with E-state index in [9.17, 15) is 9.59 Å². The van der Waals surface area contributed by atoms with Crippen molar-refractivity contribution >= 4 is 22.6 Å². The highest BCUT2D eigenvalue weighted by Crippen LogP contribution is 2.14. The molecule has 0 fully saturated rings. The number of nitrogens with one attached hydrogen (secondary N) is 4. The van der Waals surface area contributed by atoms with Crippen molar-refractivity contribution < 1.29 is 4.79 Å². The first-order valence-corrected chi connectivity index (χ1v) is 6.10. The van der Waals surface area contributed by atoms with Gasteiger partial charge in [0.1, 0.15) is 0 Å². The quantitative estimate of drug-likeness (QED) is 0.669. The largest absolute Gasteiger partial charge is 0.325 e. The van der Waals surface area contributed by atoms with Gasteiger partial charge in [-0.3, -0.25) is 4.79 Å². The SMILES string of the molecule is CC(C)(C)NCC(=O)Nc1ccc2[nH]c(=O)[nH]c2c1. The molecule has 0 aliphatic carbocycles. The number of anilines is 1. The zero-order valence-corrected chi connectivity index (χ0v) is 11.3. The highest BCUT2D eigenvalue weighted by molar-refractivity contribution is 5.94.